The van der Waals surface area contributed by atoms with Crippen LogP contribution in [0.2, 0.25) is 0 Å². The van der Waals surface area contributed by atoms with E-state index in [0.717, 1.165) is 96.3 Å². The molecule has 6 nitrogen and oxygen atoms in total. The first-order valence-electron chi connectivity index (χ1n) is 27.5. The first-order valence-corrected chi connectivity index (χ1v) is 27.5. The molecule has 0 aromatic rings. The molecule has 0 heterocycles. The number of amides is 1. The van der Waals surface area contributed by atoms with E-state index >= 15 is 0 Å². The predicted molar refractivity (Wildman–Crippen MR) is 278 cm³/mol. The molecule has 0 aromatic heterocycles. The number of aliphatic hydroxyl groups excluding tert-OH is 2. The number of hydrogen-bond donors (Lipinski definition) is 3. The minimum Gasteiger partial charge on any atom is -0.462 e. The monoisotopic (exact) mass is 896 g/mol. The second-order valence-corrected chi connectivity index (χ2v) is 18.7. The third-order valence-corrected chi connectivity index (χ3v) is 12.4. The summed E-state index contributed by atoms with van der Waals surface area (Å²) in [5.74, 6) is -0.498. The van der Waals surface area contributed by atoms with E-state index in [1.165, 1.54) is 128 Å². The number of ether oxygens (including phenoxy) is 1. The zero-order chi connectivity index (χ0) is 46.7. The Morgan fingerprint density at radius 3 is 1.42 bits per heavy atom. The molecule has 3 atom stereocenters. The van der Waals surface area contributed by atoms with Gasteiger partial charge in [0.15, 0.2) is 0 Å². The Labute approximate surface area is 397 Å². The van der Waals surface area contributed by atoms with E-state index in [1.807, 2.05) is 0 Å². The van der Waals surface area contributed by atoms with E-state index in [9.17, 15) is 19.8 Å². The number of nitrogens with one attached hydrogen (secondary N) is 1. The number of aliphatic hydroxyl groups is 2. The Kier molecular flexibility index (Phi) is 49.6. The predicted octanol–water partition coefficient (Wildman–Crippen LogP) is 16.8. The fourth-order valence-corrected chi connectivity index (χ4v) is 8.23. The highest BCUT2D eigenvalue weighted by molar-refractivity contribution is 5.77. The molecule has 0 aliphatic carbocycles. The highest BCUT2D eigenvalue weighted by atomic mass is 16.5. The topological polar surface area (TPSA) is 95.9 Å². The summed E-state index contributed by atoms with van der Waals surface area (Å²) in [5.41, 5.74) is 0. The summed E-state index contributed by atoms with van der Waals surface area (Å²) < 4.78 is 5.94. The van der Waals surface area contributed by atoms with Crippen LogP contribution in [0.4, 0.5) is 0 Å². The van der Waals surface area contributed by atoms with Gasteiger partial charge in [-0.05, 0) is 77.0 Å². The molecule has 0 aliphatic rings. The molecule has 0 fully saturated rings. The molecule has 3 unspecified atom stereocenters. The van der Waals surface area contributed by atoms with Crippen molar-refractivity contribution in [3.8, 4) is 0 Å². The third-order valence-electron chi connectivity index (χ3n) is 12.4. The molecule has 0 saturated heterocycles. The van der Waals surface area contributed by atoms with E-state index in [-0.39, 0.29) is 24.9 Å². The number of unbranched alkanes of at least 4 members (excludes halogenated alkanes) is 29. The Hall–Kier alpha value is -2.44. The van der Waals surface area contributed by atoms with Crippen LogP contribution in [-0.4, -0.2) is 46.9 Å². The SMILES string of the molecule is CC/C=C/C=C/C=C/CCCCCCCC(CC(=O)NC(CO)C(O)CCCCCCCCCCCCCCCCC)OC(=O)CCCCCCCCC/C=C\C/C=C\CCCCC. The second kappa shape index (κ2) is 51.5. The van der Waals surface area contributed by atoms with Crippen LogP contribution < -0.4 is 5.32 Å². The van der Waals surface area contributed by atoms with Gasteiger partial charge in [-0.2, -0.15) is 0 Å². The molecule has 1 amide bonds. The van der Waals surface area contributed by atoms with Crippen LogP contribution in [0.25, 0.3) is 0 Å². The molecule has 3 N–H and O–H groups in total. The van der Waals surface area contributed by atoms with Crippen molar-refractivity contribution in [1.29, 1.82) is 0 Å². The van der Waals surface area contributed by atoms with Crippen molar-refractivity contribution in [3.05, 3.63) is 60.8 Å². The Morgan fingerprint density at radius 1 is 0.484 bits per heavy atom. The molecule has 0 rings (SSSR count). The largest absolute Gasteiger partial charge is 0.462 e. The summed E-state index contributed by atoms with van der Waals surface area (Å²) in [5, 5.41) is 23.8. The number of rotatable bonds is 49. The Balaban J connectivity index is 4.56. The third kappa shape index (κ3) is 46.1. The average molecular weight is 896 g/mol. The van der Waals surface area contributed by atoms with Gasteiger partial charge in [0.1, 0.15) is 6.10 Å². The van der Waals surface area contributed by atoms with Gasteiger partial charge in [-0.15, -0.1) is 0 Å². The van der Waals surface area contributed by atoms with E-state index in [0.29, 0.717) is 19.3 Å². The Bertz CT molecular complexity index is 1140. The minimum atomic E-state index is -0.796. The normalized spacial score (nSPS) is 13.6. The van der Waals surface area contributed by atoms with Gasteiger partial charge >= 0.3 is 5.97 Å². The van der Waals surface area contributed by atoms with E-state index in [1.54, 1.807) is 0 Å². The number of hydrogen-bond acceptors (Lipinski definition) is 5. The summed E-state index contributed by atoms with van der Waals surface area (Å²) in [4.78, 5) is 26.2. The Morgan fingerprint density at radius 2 is 0.906 bits per heavy atom. The number of carbonyl (C=O) groups is 2. The van der Waals surface area contributed by atoms with Gasteiger partial charge in [0, 0.05) is 6.42 Å². The van der Waals surface area contributed by atoms with Crippen LogP contribution in [0.3, 0.4) is 0 Å². The number of allylic oxidation sites excluding steroid dienone is 10. The van der Waals surface area contributed by atoms with Crippen molar-refractivity contribution in [1.82, 2.24) is 5.32 Å². The van der Waals surface area contributed by atoms with Gasteiger partial charge in [-0.3, -0.25) is 9.59 Å². The van der Waals surface area contributed by atoms with Gasteiger partial charge in [-0.25, -0.2) is 0 Å². The lowest BCUT2D eigenvalue weighted by atomic mass is 10.0. The van der Waals surface area contributed by atoms with Crippen LogP contribution >= 0.6 is 0 Å². The van der Waals surface area contributed by atoms with Crippen LogP contribution in [0.1, 0.15) is 271 Å². The zero-order valence-corrected chi connectivity index (χ0v) is 42.4. The highest BCUT2D eigenvalue weighted by Crippen LogP contribution is 2.18. The van der Waals surface area contributed by atoms with Crippen LogP contribution in [0.15, 0.2) is 60.8 Å². The molecule has 6 heteroatoms. The molecular formula is C58H105NO5. The van der Waals surface area contributed by atoms with Crippen molar-refractivity contribution in [3.63, 3.8) is 0 Å². The maximum atomic E-state index is 13.2. The maximum Gasteiger partial charge on any atom is 0.306 e. The summed E-state index contributed by atoms with van der Waals surface area (Å²) in [6, 6.07) is -0.711. The van der Waals surface area contributed by atoms with Gasteiger partial charge in [-0.1, -0.05) is 242 Å². The van der Waals surface area contributed by atoms with Crippen molar-refractivity contribution in [2.45, 2.75) is 289 Å². The summed E-state index contributed by atoms with van der Waals surface area (Å²) in [6.45, 7) is 6.34. The fraction of sp³-hybridized carbons (Fsp3) is 0.793. The zero-order valence-electron chi connectivity index (χ0n) is 42.4. The highest BCUT2D eigenvalue weighted by Gasteiger charge is 2.24. The van der Waals surface area contributed by atoms with Gasteiger partial charge in [0.25, 0.3) is 0 Å². The fourth-order valence-electron chi connectivity index (χ4n) is 8.23. The summed E-state index contributed by atoms with van der Waals surface area (Å²) in [6.07, 6.45) is 64.2. The van der Waals surface area contributed by atoms with Crippen LogP contribution in [0, 0.1) is 0 Å². The lowest BCUT2D eigenvalue weighted by Crippen LogP contribution is -2.46. The van der Waals surface area contributed by atoms with Gasteiger partial charge < -0.3 is 20.3 Å². The minimum absolute atomic E-state index is 0.0601. The van der Waals surface area contributed by atoms with Crippen LogP contribution in [-0.2, 0) is 14.3 Å². The van der Waals surface area contributed by atoms with Gasteiger partial charge in [0.05, 0.1) is 25.2 Å². The van der Waals surface area contributed by atoms with E-state index < -0.39 is 18.2 Å². The van der Waals surface area contributed by atoms with Gasteiger partial charge in [0.2, 0.25) is 5.91 Å². The maximum absolute atomic E-state index is 13.2. The molecule has 372 valence electrons. The molecule has 0 spiro atoms. The molecule has 0 aromatic carbocycles. The molecule has 0 bridgehead atoms. The first kappa shape index (κ1) is 61.6. The first-order chi connectivity index (χ1) is 31.5. The summed E-state index contributed by atoms with van der Waals surface area (Å²) >= 11 is 0. The molecule has 0 radical (unpaired) electrons. The van der Waals surface area contributed by atoms with Crippen molar-refractivity contribution >= 4 is 11.9 Å². The van der Waals surface area contributed by atoms with E-state index in [4.69, 9.17) is 4.74 Å². The number of carbonyl (C=O) groups excluding carboxylic acids is 2. The molecule has 0 saturated carbocycles. The average Bonchev–Trinajstić information content (AvgIpc) is 3.29. The van der Waals surface area contributed by atoms with Crippen molar-refractivity contribution < 1.29 is 24.5 Å². The van der Waals surface area contributed by atoms with E-state index in [2.05, 4.69) is 86.8 Å². The number of esters is 1. The lowest BCUT2D eigenvalue weighted by Gasteiger charge is -2.24. The summed E-state index contributed by atoms with van der Waals surface area (Å²) in [7, 11) is 0. The quantitative estimate of drug-likeness (QED) is 0.0245. The molecular weight excluding hydrogens is 791 g/mol. The second-order valence-electron chi connectivity index (χ2n) is 18.7. The smallest absolute Gasteiger partial charge is 0.306 e. The van der Waals surface area contributed by atoms with Crippen molar-refractivity contribution in [2.24, 2.45) is 0 Å². The molecule has 0 aliphatic heterocycles. The van der Waals surface area contributed by atoms with Crippen molar-refractivity contribution in [2.75, 3.05) is 6.61 Å². The lowest BCUT2D eigenvalue weighted by molar-refractivity contribution is -0.151. The molecule has 64 heavy (non-hydrogen) atoms. The van der Waals surface area contributed by atoms with Crippen LogP contribution in [0.5, 0.6) is 0 Å². The standard InChI is InChI=1S/C58H105NO5/c1-4-7-10-13-16-19-22-25-27-28-30-33-36-39-42-45-48-51-58(63)64-54(49-46-43-40-37-34-31-24-21-18-15-12-9-6-3)52-57(62)59-55(53-60)56(61)50-47-44-41-38-35-32-29-26-23-20-17-14-11-8-5-2/h9,12,15-16,18-19,21,24-25,27,54-56,60-61H,4-8,10-11,13-14,17,20,22-23,26,28-53H2,1-3H3,(H,59,62)/b12-9+,18-15+,19-16-,24-21+,27-25-.